The highest BCUT2D eigenvalue weighted by Crippen LogP contribution is 2.11. The zero-order valence-electron chi connectivity index (χ0n) is 16.5. The molecule has 0 saturated carbocycles. The lowest BCUT2D eigenvalue weighted by molar-refractivity contribution is -0.124. The molecule has 150 valence electrons. The van der Waals surface area contributed by atoms with E-state index >= 15 is 0 Å². The van der Waals surface area contributed by atoms with Crippen LogP contribution in [0.5, 0.6) is 0 Å². The predicted molar refractivity (Wildman–Crippen MR) is 111 cm³/mol. The van der Waals surface area contributed by atoms with Crippen molar-refractivity contribution in [2.45, 2.75) is 40.0 Å². The Morgan fingerprint density at radius 3 is 2.18 bits per heavy atom. The summed E-state index contributed by atoms with van der Waals surface area (Å²) in [4.78, 5) is 25.0. The Labute approximate surface area is 171 Å². The van der Waals surface area contributed by atoms with Gasteiger partial charge in [0.25, 0.3) is 5.91 Å². The fourth-order valence-corrected chi connectivity index (χ4v) is 2.76. The van der Waals surface area contributed by atoms with Crippen LogP contribution in [0.2, 0.25) is 5.02 Å². The van der Waals surface area contributed by atoms with E-state index in [0.29, 0.717) is 30.3 Å². The van der Waals surface area contributed by atoms with Crippen LogP contribution in [0, 0.1) is 5.92 Å². The van der Waals surface area contributed by atoms with E-state index in [1.54, 1.807) is 24.3 Å². The molecule has 2 amide bonds. The number of amides is 2. The van der Waals surface area contributed by atoms with E-state index in [1.807, 2.05) is 45.0 Å². The highest BCUT2D eigenvalue weighted by Gasteiger charge is 2.24. The van der Waals surface area contributed by atoms with E-state index < -0.39 is 6.04 Å². The van der Waals surface area contributed by atoms with Crippen LogP contribution in [0.25, 0.3) is 0 Å². The van der Waals surface area contributed by atoms with Gasteiger partial charge in [-0.15, -0.1) is 0 Å². The highest BCUT2D eigenvalue weighted by molar-refractivity contribution is 6.30. The summed E-state index contributed by atoms with van der Waals surface area (Å²) < 4.78 is 5.38. The lowest BCUT2D eigenvalue weighted by Crippen LogP contribution is -2.49. The molecule has 28 heavy (non-hydrogen) atoms. The lowest BCUT2D eigenvalue weighted by Gasteiger charge is -2.22. The lowest BCUT2D eigenvalue weighted by atomic mass is 10.0. The SMILES string of the molecule is CCOCc1ccc(CNC(=O)C(NC(=O)c2ccc(Cl)cc2)C(C)C)cc1. The van der Waals surface area contributed by atoms with Crippen molar-refractivity contribution in [1.29, 1.82) is 0 Å². The molecule has 0 fully saturated rings. The van der Waals surface area contributed by atoms with E-state index in [0.717, 1.165) is 11.1 Å². The number of halogens is 1. The highest BCUT2D eigenvalue weighted by atomic mass is 35.5. The van der Waals surface area contributed by atoms with E-state index in [2.05, 4.69) is 10.6 Å². The summed E-state index contributed by atoms with van der Waals surface area (Å²) in [5, 5.41) is 6.27. The number of rotatable bonds is 9. The second-order valence-electron chi connectivity index (χ2n) is 6.87. The summed E-state index contributed by atoms with van der Waals surface area (Å²) in [6.45, 7) is 7.41. The minimum atomic E-state index is -0.625. The minimum absolute atomic E-state index is 0.0511. The second kappa shape index (κ2) is 10.8. The predicted octanol–water partition coefficient (Wildman–Crippen LogP) is 3.95. The van der Waals surface area contributed by atoms with Gasteiger partial charge >= 0.3 is 0 Å². The molecule has 2 aromatic carbocycles. The number of hydrogen-bond donors (Lipinski definition) is 2. The topological polar surface area (TPSA) is 67.4 Å². The van der Waals surface area contributed by atoms with Gasteiger partial charge in [-0.1, -0.05) is 49.7 Å². The maximum absolute atomic E-state index is 12.6. The molecule has 2 rings (SSSR count). The molecule has 0 bridgehead atoms. The quantitative estimate of drug-likeness (QED) is 0.667. The Hall–Kier alpha value is -2.37. The minimum Gasteiger partial charge on any atom is -0.377 e. The Morgan fingerprint density at radius 2 is 1.61 bits per heavy atom. The third kappa shape index (κ3) is 6.66. The summed E-state index contributed by atoms with van der Waals surface area (Å²) in [7, 11) is 0. The number of carbonyl (C=O) groups excluding carboxylic acids is 2. The fourth-order valence-electron chi connectivity index (χ4n) is 2.63. The molecule has 0 aliphatic carbocycles. The first kappa shape index (κ1) is 21.9. The van der Waals surface area contributed by atoms with Crippen molar-refractivity contribution in [2.24, 2.45) is 5.92 Å². The van der Waals surface area contributed by atoms with Crippen molar-refractivity contribution in [3.05, 3.63) is 70.2 Å². The first-order valence-corrected chi connectivity index (χ1v) is 9.78. The van der Waals surface area contributed by atoms with E-state index in [9.17, 15) is 9.59 Å². The molecule has 2 aromatic rings. The maximum Gasteiger partial charge on any atom is 0.251 e. The van der Waals surface area contributed by atoms with Crippen molar-refractivity contribution < 1.29 is 14.3 Å². The van der Waals surface area contributed by atoms with Crippen molar-refractivity contribution in [3.8, 4) is 0 Å². The molecule has 1 unspecified atom stereocenters. The van der Waals surface area contributed by atoms with Crippen molar-refractivity contribution in [2.75, 3.05) is 6.61 Å². The molecule has 0 radical (unpaired) electrons. The number of benzene rings is 2. The van der Waals surface area contributed by atoms with Crippen LogP contribution in [-0.4, -0.2) is 24.5 Å². The van der Waals surface area contributed by atoms with Gasteiger partial charge in [0.1, 0.15) is 6.04 Å². The van der Waals surface area contributed by atoms with E-state index in [4.69, 9.17) is 16.3 Å². The summed E-state index contributed by atoms with van der Waals surface area (Å²) in [6.07, 6.45) is 0. The van der Waals surface area contributed by atoms with Crippen LogP contribution in [0.15, 0.2) is 48.5 Å². The van der Waals surface area contributed by atoms with Gasteiger partial charge in [-0.05, 0) is 48.2 Å². The van der Waals surface area contributed by atoms with E-state index in [-0.39, 0.29) is 17.7 Å². The molecule has 0 aliphatic heterocycles. The van der Waals surface area contributed by atoms with E-state index in [1.165, 1.54) is 0 Å². The van der Waals surface area contributed by atoms with Crippen LogP contribution in [0.3, 0.4) is 0 Å². The first-order valence-electron chi connectivity index (χ1n) is 9.40. The average Bonchev–Trinajstić information content (AvgIpc) is 2.69. The molecule has 2 N–H and O–H groups in total. The summed E-state index contributed by atoms with van der Waals surface area (Å²) in [5.41, 5.74) is 2.54. The Kier molecular flexibility index (Phi) is 8.48. The molecular formula is C22H27ClN2O3. The largest absolute Gasteiger partial charge is 0.377 e. The summed E-state index contributed by atoms with van der Waals surface area (Å²) in [5.74, 6) is -0.564. The van der Waals surface area contributed by atoms with Crippen molar-refractivity contribution in [3.63, 3.8) is 0 Å². The third-order valence-electron chi connectivity index (χ3n) is 4.30. The molecule has 1 atom stereocenters. The number of carbonyl (C=O) groups is 2. The molecule has 0 aromatic heterocycles. The van der Waals surface area contributed by atoms with Gasteiger partial charge in [0.05, 0.1) is 6.61 Å². The van der Waals surface area contributed by atoms with Gasteiger partial charge < -0.3 is 15.4 Å². The standard InChI is InChI=1S/C22H27ClN2O3/c1-4-28-14-17-7-5-16(6-8-17)13-24-22(27)20(15(2)3)25-21(26)18-9-11-19(23)12-10-18/h5-12,15,20H,4,13-14H2,1-3H3,(H,24,27)(H,25,26). The second-order valence-corrected chi connectivity index (χ2v) is 7.31. The van der Waals surface area contributed by atoms with Gasteiger partial charge in [-0.25, -0.2) is 0 Å². The van der Waals surface area contributed by atoms with Gasteiger partial charge in [0, 0.05) is 23.7 Å². The number of nitrogens with one attached hydrogen (secondary N) is 2. The summed E-state index contributed by atoms with van der Waals surface area (Å²) in [6, 6.07) is 13.8. The smallest absolute Gasteiger partial charge is 0.251 e. The third-order valence-corrected chi connectivity index (χ3v) is 4.56. The fraction of sp³-hybridized carbons (Fsp3) is 0.364. The number of ether oxygens (including phenoxy) is 1. The molecular weight excluding hydrogens is 376 g/mol. The molecule has 0 heterocycles. The molecule has 0 saturated heterocycles. The molecule has 0 aliphatic rings. The Bertz CT molecular complexity index is 773. The first-order chi connectivity index (χ1) is 13.4. The van der Waals surface area contributed by atoms with Gasteiger partial charge in [-0.2, -0.15) is 0 Å². The van der Waals surface area contributed by atoms with Crippen molar-refractivity contribution in [1.82, 2.24) is 10.6 Å². The van der Waals surface area contributed by atoms with Crippen LogP contribution >= 0.6 is 11.6 Å². The van der Waals surface area contributed by atoms with Crippen LogP contribution in [0.4, 0.5) is 0 Å². The number of hydrogen-bond acceptors (Lipinski definition) is 3. The van der Waals surface area contributed by atoms with Gasteiger partial charge in [0.2, 0.25) is 5.91 Å². The molecule has 5 nitrogen and oxygen atoms in total. The maximum atomic E-state index is 12.6. The molecule has 6 heteroatoms. The van der Waals surface area contributed by atoms with Crippen LogP contribution in [-0.2, 0) is 22.7 Å². The Morgan fingerprint density at radius 1 is 1.00 bits per heavy atom. The zero-order valence-corrected chi connectivity index (χ0v) is 17.3. The van der Waals surface area contributed by atoms with Crippen LogP contribution < -0.4 is 10.6 Å². The monoisotopic (exact) mass is 402 g/mol. The normalized spacial score (nSPS) is 11.9. The molecule has 0 spiro atoms. The van der Waals surface area contributed by atoms with Crippen molar-refractivity contribution >= 4 is 23.4 Å². The Balaban J connectivity index is 1.93. The van der Waals surface area contributed by atoms with Gasteiger partial charge in [-0.3, -0.25) is 9.59 Å². The average molecular weight is 403 g/mol. The zero-order chi connectivity index (χ0) is 20.5. The van der Waals surface area contributed by atoms with Gasteiger partial charge in [0.15, 0.2) is 0 Å². The van der Waals surface area contributed by atoms with Crippen LogP contribution in [0.1, 0.15) is 42.3 Å². The summed E-state index contributed by atoms with van der Waals surface area (Å²) >= 11 is 5.85.